The average molecular weight is 215 g/mol. The molecule has 82 valence electrons. The summed E-state index contributed by atoms with van der Waals surface area (Å²) < 4.78 is 26.1. The number of benzene rings is 1. The molecule has 0 aromatic heterocycles. The second-order valence-electron chi connectivity index (χ2n) is 3.18. The highest BCUT2D eigenvalue weighted by atomic mass is 19.1. The van der Waals surface area contributed by atoms with E-state index in [1.54, 1.807) is 0 Å². The normalized spacial score (nSPS) is 12.5. The van der Waals surface area contributed by atoms with Gasteiger partial charge in [0.25, 0.3) is 0 Å². The Morgan fingerprint density at radius 2 is 1.93 bits per heavy atom. The first-order valence-corrected chi connectivity index (χ1v) is 4.43. The number of carbonyl (C=O) groups is 1. The monoisotopic (exact) mass is 215 g/mol. The number of carboxylic acid groups (broad SMARTS) is 1. The molecule has 0 heterocycles. The van der Waals surface area contributed by atoms with Crippen molar-refractivity contribution in [1.82, 2.24) is 0 Å². The van der Waals surface area contributed by atoms with Crippen LogP contribution in [0.25, 0.3) is 0 Å². The van der Waals surface area contributed by atoms with E-state index in [2.05, 4.69) is 0 Å². The van der Waals surface area contributed by atoms with E-state index in [0.717, 1.165) is 12.1 Å². The minimum absolute atomic E-state index is 0.00713. The van der Waals surface area contributed by atoms with Crippen LogP contribution in [0.2, 0.25) is 0 Å². The van der Waals surface area contributed by atoms with Gasteiger partial charge in [-0.2, -0.15) is 0 Å². The molecule has 0 aliphatic rings. The van der Waals surface area contributed by atoms with Crippen molar-refractivity contribution >= 4 is 5.97 Å². The van der Waals surface area contributed by atoms with Crippen molar-refractivity contribution in [2.45, 2.75) is 18.9 Å². The summed E-state index contributed by atoms with van der Waals surface area (Å²) in [5.41, 5.74) is 5.10. The number of hydrogen-bond donors (Lipinski definition) is 2. The Morgan fingerprint density at radius 3 is 2.40 bits per heavy atom. The maximum absolute atomic E-state index is 13.1. The summed E-state index contributed by atoms with van der Waals surface area (Å²) >= 11 is 0. The number of rotatable bonds is 4. The molecule has 15 heavy (non-hydrogen) atoms. The molecule has 1 rings (SSSR count). The highest BCUT2D eigenvalue weighted by Crippen LogP contribution is 2.14. The molecule has 1 aromatic rings. The molecule has 3 N–H and O–H groups in total. The quantitative estimate of drug-likeness (QED) is 0.795. The lowest BCUT2D eigenvalue weighted by Crippen LogP contribution is -2.30. The van der Waals surface area contributed by atoms with Gasteiger partial charge >= 0.3 is 5.97 Å². The van der Waals surface area contributed by atoms with E-state index in [9.17, 15) is 13.6 Å². The van der Waals surface area contributed by atoms with Crippen molar-refractivity contribution in [2.24, 2.45) is 5.73 Å². The minimum atomic E-state index is -1.17. The van der Waals surface area contributed by atoms with Crippen molar-refractivity contribution < 1.29 is 18.7 Å². The molecule has 0 saturated heterocycles. The smallest absolute Gasteiger partial charge is 0.320 e. The Kier molecular flexibility index (Phi) is 3.74. The van der Waals surface area contributed by atoms with Gasteiger partial charge in [-0.3, -0.25) is 4.79 Å². The maximum atomic E-state index is 13.1. The van der Waals surface area contributed by atoms with Crippen LogP contribution in [0.5, 0.6) is 0 Å². The van der Waals surface area contributed by atoms with Crippen molar-refractivity contribution in [3.05, 3.63) is 35.4 Å². The van der Waals surface area contributed by atoms with E-state index in [1.807, 2.05) is 0 Å². The van der Waals surface area contributed by atoms with Crippen LogP contribution in [0.3, 0.4) is 0 Å². The SMILES string of the molecule is N[C@H](CCc1c(F)cccc1F)C(=O)O. The first kappa shape index (κ1) is 11.6. The third-order valence-corrected chi connectivity index (χ3v) is 2.08. The van der Waals surface area contributed by atoms with Gasteiger partial charge < -0.3 is 10.8 Å². The molecule has 0 radical (unpaired) electrons. The minimum Gasteiger partial charge on any atom is -0.480 e. The Labute approximate surface area is 85.5 Å². The fraction of sp³-hybridized carbons (Fsp3) is 0.300. The lowest BCUT2D eigenvalue weighted by atomic mass is 10.0. The summed E-state index contributed by atoms with van der Waals surface area (Å²) in [6, 6.07) is 2.42. The Hall–Kier alpha value is -1.49. The summed E-state index contributed by atoms with van der Waals surface area (Å²) in [6.45, 7) is 0. The number of aliphatic carboxylic acids is 1. The summed E-state index contributed by atoms with van der Waals surface area (Å²) in [4.78, 5) is 10.4. The highest BCUT2D eigenvalue weighted by Gasteiger charge is 2.14. The number of nitrogens with two attached hydrogens (primary N) is 1. The van der Waals surface area contributed by atoms with E-state index < -0.39 is 23.6 Å². The van der Waals surface area contributed by atoms with Gasteiger partial charge in [-0.05, 0) is 25.0 Å². The second-order valence-corrected chi connectivity index (χ2v) is 3.18. The van der Waals surface area contributed by atoms with Crippen LogP contribution < -0.4 is 5.73 Å². The predicted molar refractivity (Wildman–Crippen MR) is 50.3 cm³/mol. The maximum Gasteiger partial charge on any atom is 0.320 e. The van der Waals surface area contributed by atoms with Gasteiger partial charge in [0.05, 0.1) is 0 Å². The number of carboxylic acids is 1. The lowest BCUT2D eigenvalue weighted by molar-refractivity contribution is -0.138. The molecule has 3 nitrogen and oxygen atoms in total. The van der Waals surface area contributed by atoms with Crippen molar-refractivity contribution in [3.8, 4) is 0 Å². The van der Waals surface area contributed by atoms with Crippen LogP contribution >= 0.6 is 0 Å². The zero-order chi connectivity index (χ0) is 11.4. The second kappa shape index (κ2) is 4.84. The van der Waals surface area contributed by atoms with E-state index in [1.165, 1.54) is 6.07 Å². The van der Waals surface area contributed by atoms with Crippen LogP contribution in [0, 0.1) is 11.6 Å². The van der Waals surface area contributed by atoms with Gasteiger partial charge in [-0.15, -0.1) is 0 Å². The lowest BCUT2D eigenvalue weighted by Gasteiger charge is -2.07. The number of hydrogen-bond acceptors (Lipinski definition) is 2. The third-order valence-electron chi connectivity index (χ3n) is 2.08. The topological polar surface area (TPSA) is 63.3 Å². The molecule has 0 aliphatic heterocycles. The molecule has 0 spiro atoms. The van der Waals surface area contributed by atoms with E-state index in [-0.39, 0.29) is 18.4 Å². The van der Waals surface area contributed by atoms with E-state index in [4.69, 9.17) is 10.8 Å². The highest BCUT2D eigenvalue weighted by molar-refractivity contribution is 5.73. The van der Waals surface area contributed by atoms with Gasteiger partial charge in [-0.25, -0.2) is 8.78 Å². The largest absolute Gasteiger partial charge is 0.480 e. The summed E-state index contributed by atoms with van der Waals surface area (Å²) in [5.74, 6) is -2.52. The molecule has 5 heteroatoms. The van der Waals surface area contributed by atoms with Gasteiger partial charge in [0.15, 0.2) is 0 Å². The summed E-state index contributed by atoms with van der Waals surface area (Å²) in [7, 11) is 0. The van der Waals surface area contributed by atoms with Crippen molar-refractivity contribution in [1.29, 1.82) is 0 Å². The van der Waals surface area contributed by atoms with Gasteiger partial charge in [-0.1, -0.05) is 6.07 Å². The molecule has 0 fully saturated rings. The molecule has 0 aliphatic carbocycles. The summed E-state index contributed by atoms with van der Waals surface area (Å²) in [6.07, 6.45) is -0.0147. The molecule has 1 atom stereocenters. The summed E-state index contributed by atoms with van der Waals surface area (Å²) in [5, 5.41) is 8.49. The van der Waals surface area contributed by atoms with Crippen LogP contribution in [-0.4, -0.2) is 17.1 Å². The van der Waals surface area contributed by atoms with Gasteiger partial charge in [0.1, 0.15) is 17.7 Å². The molecule has 0 amide bonds. The number of halogens is 2. The first-order valence-electron chi connectivity index (χ1n) is 4.43. The van der Waals surface area contributed by atoms with E-state index >= 15 is 0 Å². The predicted octanol–water partition coefficient (Wildman–Crippen LogP) is 1.31. The van der Waals surface area contributed by atoms with Gasteiger partial charge in [0, 0.05) is 5.56 Å². The fourth-order valence-corrected chi connectivity index (χ4v) is 1.19. The van der Waals surface area contributed by atoms with Crippen molar-refractivity contribution in [2.75, 3.05) is 0 Å². The Bertz CT molecular complexity index is 348. The zero-order valence-electron chi connectivity index (χ0n) is 7.91. The fourth-order valence-electron chi connectivity index (χ4n) is 1.19. The van der Waals surface area contributed by atoms with Crippen molar-refractivity contribution in [3.63, 3.8) is 0 Å². The Balaban J connectivity index is 2.69. The first-order chi connectivity index (χ1) is 7.02. The van der Waals surface area contributed by atoms with Crippen LogP contribution in [-0.2, 0) is 11.2 Å². The molecular formula is C10H11F2NO2. The standard InChI is InChI=1S/C10H11F2NO2/c11-7-2-1-3-8(12)6(7)4-5-9(13)10(14)15/h1-3,9H,4-5,13H2,(H,14,15)/t9-/m1/s1. The average Bonchev–Trinajstić information content (AvgIpc) is 2.16. The molecule has 0 bridgehead atoms. The zero-order valence-corrected chi connectivity index (χ0v) is 7.91. The molecule has 1 aromatic carbocycles. The van der Waals surface area contributed by atoms with Gasteiger partial charge in [0.2, 0.25) is 0 Å². The van der Waals surface area contributed by atoms with Crippen LogP contribution in [0.15, 0.2) is 18.2 Å². The molecule has 0 unspecified atom stereocenters. The van der Waals surface area contributed by atoms with Crippen LogP contribution in [0.4, 0.5) is 8.78 Å². The molecule has 0 saturated carbocycles. The van der Waals surface area contributed by atoms with E-state index in [0.29, 0.717) is 0 Å². The Morgan fingerprint density at radius 1 is 1.40 bits per heavy atom. The third kappa shape index (κ3) is 2.99. The van der Waals surface area contributed by atoms with Crippen LogP contribution in [0.1, 0.15) is 12.0 Å². The molecular weight excluding hydrogens is 204 g/mol.